The fourth-order valence-electron chi connectivity index (χ4n) is 2.67. The number of hydrogen-bond acceptors (Lipinski definition) is 2. The Bertz CT molecular complexity index is 201. The normalized spacial score (nSPS) is 28.9. The van der Waals surface area contributed by atoms with E-state index in [0.29, 0.717) is 12.1 Å². The largest absolute Gasteiger partial charge is 0.326 e. The van der Waals surface area contributed by atoms with Gasteiger partial charge in [-0.25, -0.2) is 0 Å². The van der Waals surface area contributed by atoms with E-state index >= 15 is 0 Å². The molecule has 0 spiro atoms. The second-order valence-corrected chi connectivity index (χ2v) is 6.00. The van der Waals surface area contributed by atoms with Crippen molar-refractivity contribution in [3.05, 3.63) is 0 Å². The third kappa shape index (κ3) is 3.46. The van der Waals surface area contributed by atoms with E-state index < -0.39 is 0 Å². The average Bonchev–Trinajstić information content (AvgIpc) is 2.23. The molecule has 1 fully saturated rings. The summed E-state index contributed by atoms with van der Waals surface area (Å²) in [6, 6.07) is 0.950. The molecule has 0 radical (unpaired) electrons. The molecule has 2 atom stereocenters. The molecule has 2 N–H and O–H groups in total. The van der Waals surface area contributed by atoms with Gasteiger partial charge in [-0.05, 0) is 40.2 Å². The summed E-state index contributed by atoms with van der Waals surface area (Å²) in [6.07, 6.45) is 9.11. The fourth-order valence-corrected chi connectivity index (χ4v) is 2.67. The summed E-state index contributed by atoms with van der Waals surface area (Å²) in [5.74, 6) is 0. The minimum Gasteiger partial charge on any atom is -0.326 e. The minimum atomic E-state index is 0.279. The minimum absolute atomic E-state index is 0.279. The van der Waals surface area contributed by atoms with Crippen LogP contribution in [0.15, 0.2) is 0 Å². The molecule has 0 aromatic carbocycles. The molecule has 0 aromatic heterocycles. The van der Waals surface area contributed by atoms with Crippen LogP contribution in [0.25, 0.3) is 0 Å². The van der Waals surface area contributed by atoms with Gasteiger partial charge in [0, 0.05) is 17.6 Å². The summed E-state index contributed by atoms with van der Waals surface area (Å²) in [5, 5.41) is 0. The van der Waals surface area contributed by atoms with Gasteiger partial charge in [0.15, 0.2) is 0 Å². The van der Waals surface area contributed by atoms with Gasteiger partial charge >= 0.3 is 0 Å². The van der Waals surface area contributed by atoms with Crippen LogP contribution in [0.4, 0.5) is 0 Å². The van der Waals surface area contributed by atoms with Gasteiger partial charge in [0.1, 0.15) is 0 Å². The lowest BCUT2D eigenvalue weighted by atomic mass is 9.88. The first kappa shape index (κ1) is 14.0. The van der Waals surface area contributed by atoms with Crippen molar-refractivity contribution in [1.29, 1.82) is 0 Å². The summed E-state index contributed by atoms with van der Waals surface area (Å²) in [6.45, 7) is 6.93. The summed E-state index contributed by atoms with van der Waals surface area (Å²) < 4.78 is 0. The van der Waals surface area contributed by atoms with Crippen LogP contribution >= 0.6 is 0 Å². The van der Waals surface area contributed by atoms with Gasteiger partial charge in [0.25, 0.3) is 0 Å². The number of nitrogens with zero attached hydrogens (tertiary/aromatic N) is 1. The molecule has 2 heteroatoms. The molecule has 16 heavy (non-hydrogen) atoms. The maximum Gasteiger partial charge on any atom is 0.0249 e. The molecule has 2 unspecified atom stereocenters. The highest BCUT2D eigenvalue weighted by atomic mass is 15.2. The van der Waals surface area contributed by atoms with Crippen molar-refractivity contribution in [3.63, 3.8) is 0 Å². The van der Waals surface area contributed by atoms with E-state index in [1.54, 1.807) is 0 Å². The topological polar surface area (TPSA) is 29.3 Å². The zero-order chi connectivity index (χ0) is 12.2. The second kappa shape index (κ2) is 6.02. The zero-order valence-electron chi connectivity index (χ0n) is 11.6. The summed E-state index contributed by atoms with van der Waals surface area (Å²) >= 11 is 0. The lowest BCUT2D eigenvalue weighted by Crippen LogP contribution is -2.54. The van der Waals surface area contributed by atoms with Crippen molar-refractivity contribution in [1.82, 2.24) is 4.90 Å². The lowest BCUT2D eigenvalue weighted by molar-refractivity contribution is 0.0702. The first-order chi connectivity index (χ1) is 7.49. The number of hydrogen-bond donors (Lipinski definition) is 1. The van der Waals surface area contributed by atoms with Crippen LogP contribution < -0.4 is 5.73 Å². The Hall–Kier alpha value is -0.0800. The third-order valence-electron chi connectivity index (χ3n) is 4.60. The standard InChI is InChI=1S/C14H30N2/c1-5-14(2,3)16(4)13-11-9-7-6-8-10-12(13)15/h12-13H,5-11,15H2,1-4H3. The van der Waals surface area contributed by atoms with Gasteiger partial charge in [-0.1, -0.05) is 32.6 Å². The van der Waals surface area contributed by atoms with Crippen molar-refractivity contribution in [3.8, 4) is 0 Å². The van der Waals surface area contributed by atoms with Crippen molar-refractivity contribution in [2.24, 2.45) is 5.73 Å². The molecule has 1 aliphatic rings. The van der Waals surface area contributed by atoms with Gasteiger partial charge in [0.05, 0.1) is 0 Å². The lowest BCUT2D eigenvalue weighted by Gasteiger charge is -2.44. The van der Waals surface area contributed by atoms with Crippen molar-refractivity contribution in [2.45, 2.75) is 83.3 Å². The smallest absolute Gasteiger partial charge is 0.0249 e. The van der Waals surface area contributed by atoms with Gasteiger partial charge in [-0.15, -0.1) is 0 Å². The maximum atomic E-state index is 6.36. The molecule has 0 aromatic rings. The Morgan fingerprint density at radius 2 is 1.69 bits per heavy atom. The number of rotatable bonds is 3. The second-order valence-electron chi connectivity index (χ2n) is 6.00. The average molecular weight is 226 g/mol. The first-order valence-electron chi connectivity index (χ1n) is 6.97. The predicted molar refractivity (Wildman–Crippen MR) is 71.6 cm³/mol. The summed E-state index contributed by atoms with van der Waals surface area (Å²) in [7, 11) is 2.26. The fraction of sp³-hybridized carbons (Fsp3) is 1.00. The molecule has 96 valence electrons. The SMILES string of the molecule is CCC(C)(C)N(C)C1CCCCCCC1N. The van der Waals surface area contributed by atoms with Crippen molar-refractivity contribution < 1.29 is 0 Å². The molecular formula is C14H30N2. The maximum absolute atomic E-state index is 6.36. The quantitative estimate of drug-likeness (QED) is 0.801. The van der Waals surface area contributed by atoms with E-state index in [-0.39, 0.29) is 5.54 Å². The van der Waals surface area contributed by atoms with Gasteiger partial charge in [0.2, 0.25) is 0 Å². The first-order valence-corrected chi connectivity index (χ1v) is 6.97. The van der Waals surface area contributed by atoms with Crippen LogP contribution in [0, 0.1) is 0 Å². The van der Waals surface area contributed by atoms with Gasteiger partial charge < -0.3 is 5.73 Å². The van der Waals surface area contributed by atoms with Crippen LogP contribution in [0.5, 0.6) is 0 Å². The van der Waals surface area contributed by atoms with Gasteiger partial charge in [-0.2, -0.15) is 0 Å². The zero-order valence-corrected chi connectivity index (χ0v) is 11.6. The molecule has 0 amide bonds. The highest BCUT2D eigenvalue weighted by Crippen LogP contribution is 2.26. The van der Waals surface area contributed by atoms with E-state index in [1.165, 1.54) is 44.9 Å². The monoisotopic (exact) mass is 226 g/mol. The van der Waals surface area contributed by atoms with Crippen LogP contribution in [0.1, 0.15) is 65.7 Å². The predicted octanol–water partition coefficient (Wildman–Crippen LogP) is 3.16. The molecule has 1 aliphatic carbocycles. The Morgan fingerprint density at radius 3 is 2.25 bits per heavy atom. The van der Waals surface area contributed by atoms with Crippen LogP contribution in [-0.4, -0.2) is 29.6 Å². The third-order valence-corrected chi connectivity index (χ3v) is 4.60. The Kier molecular flexibility index (Phi) is 5.26. The van der Waals surface area contributed by atoms with E-state index in [4.69, 9.17) is 5.73 Å². The highest BCUT2D eigenvalue weighted by Gasteiger charge is 2.31. The molecule has 0 heterocycles. The summed E-state index contributed by atoms with van der Waals surface area (Å²) in [4.78, 5) is 2.53. The van der Waals surface area contributed by atoms with E-state index in [1.807, 2.05) is 0 Å². The Labute approximate surface area is 102 Å². The van der Waals surface area contributed by atoms with Crippen LogP contribution in [0.3, 0.4) is 0 Å². The Morgan fingerprint density at radius 1 is 1.12 bits per heavy atom. The molecule has 0 bridgehead atoms. The highest BCUT2D eigenvalue weighted by molar-refractivity contribution is 4.89. The molecule has 2 nitrogen and oxygen atoms in total. The van der Waals surface area contributed by atoms with Crippen LogP contribution in [-0.2, 0) is 0 Å². The molecule has 0 saturated heterocycles. The number of likely N-dealkylation sites (N-methyl/N-ethyl adjacent to an activating group) is 1. The summed E-state index contributed by atoms with van der Waals surface area (Å²) in [5.41, 5.74) is 6.64. The van der Waals surface area contributed by atoms with E-state index in [9.17, 15) is 0 Å². The molecule has 0 aliphatic heterocycles. The molecule has 1 saturated carbocycles. The van der Waals surface area contributed by atoms with Crippen molar-refractivity contribution in [2.75, 3.05) is 7.05 Å². The molecular weight excluding hydrogens is 196 g/mol. The van der Waals surface area contributed by atoms with E-state index in [0.717, 1.165) is 0 Å². The Balaban J connectivity index is 2.66. The van der Waals surface area contributed by atoms with E-state index in [2.05, 4.69) is 32.7 Å². The van der Waals surface area contributed by atoms with Crippen molar-refractivity contribution >= 4 is 0 Å². The van der Waals surface area contributed by atoms with Crippen LogP contribution in [0.2, 0.25) is 0 Å². The molecule has 1 rings (SSSR count). The van der Waals surface area contributed by atoms with Gasteiger partial charge in [-0.3, -0.25) is 4.90 Å². The number of nitrogens with two attached hydrogens (primary N) is 1.